The zero-order chi connectivity index (χ0) is 31.7. The first-order chi connectivity index (χ1) is 19.2. The van der Waals surface area contributed by atoms with E-state index in [0.717, 1.165) is 18.2 Å². The summed E-state index contributed by atoms with van der Waals surface area (Å²) < 4.78 is 152. The standard InChI is InChI=1S/C18H16F2N6O12S4/c19-16-8-17(24-18(20)23-16)22-12-6-10(21)14(40(29,30)31)7-13(12)26-25-11-2-1-9(5-15(11)41(32,33)34)39(27,28)4-3-38-42(35,36)37/h1-2,5-8H,3-4,21H2,(H,22,23,24)(H,29,30,31)(H,32,33,34)(H,35,36,37). The molecule has 0 radical (unpaired) electrons. The number of hydrogen-bond donors (Lipinski definition) is 5. The van der Waals surface area contributed by atoms with Gasteiger partial charge in [0.1, 0.15) is 27.0 Å². The van der Waals surface area contributed by atoms with Crippen LogP contribution in [-0.2, 0) is 44.7 Å². The first-order valence-electron chi connectivity index (χ1n) is 10.4. The largest absolute Gasteiger partial charge is 0.398 e. The van der Waals surface area contributed by atoms with Crippen molar-refractivity contribution in [2.24, 2.45) is 10.2 Å². The van der Waals surface area contributed by atoms with E-state index >= 15 is 0 Å². The molecule has 0 aliphatic rings. The number of nitrogens with one attached hydrogen (secondary N) is 1. The Bertz CT molecular complexity index is 2000. The monoisotopic (exact) mass is 674 g/mol. The maximum Gasteiger partial charge on any atom is 0.397 e. The van der Waals surface area contributed by atoms with Gasteiger partial charge in [0.25, 0.3) is 20.2 Å². The van der Waals surface area contributed by atoms with Gasteiger partial charge < -0.3 is 11.1 Å². The van der Waals surface area contributed by atoms with Crippen molar-refractivity contribution in [2.75, 3.05) is 23.4 Å². The molecule has 3 aromatic rings. The summed E-state index contributed by atoms with van der Waals surface area (Å²) in [5.74, 6) is -2.89. The van der Waals surface area contributed by atoms with Crippen LogP contribution in [0, 0.1) is 12.0 Å². The van der Waals surface area contributed by atoms with Gasteiger partial charge in [0.2, 0.25) is 5.95 Å². The highest BCUT2D eigenvalue weighted by atomic mass is 32.3. The van der Waals surface area contributed by atoms with E-state index in [1.807, 2.05) is 0 Å². The molecule has 6 N–H and O–H groups in total. The summed E-state index contributed by atoms with van der Waals surface area (Å²) in [4.78, 5) is 3.25. The van der Waals surface area contributed by atoms with Crippen LogP contribution in [0.4, 0.5) is 37.3 Å². The van der Waals surface area contributed by atoms with Crippen molar-refractivity contribution in [3.05, 3.63) is 48.4 Å². The lowest BCUT2D eigenvalue weighted by atomic mass is 10.2. The molecular formula is C18H16F2N6O12S4. The Balaban J connectivity index is 2.11. The Hall–Kier alpha value is -3.78. The number of nitrogens with two attached hydrogens (primary N) is 1. The molecule has 0 saturated carbocycles. The zero-order valence-corrected chi connectivity index (χ0v) is 23.4. The molecule has 0 aliphatic heterocycles. The molecule has 1 heterocycles. The molecule has 0 spiro atoms. The van der Waals surface area contributed by atoms with Crippen molar-refractivity contribution >= 4 is 69.0 Å². The van der Waals surface area contributed by atoms with Crippen LogP contribution in [-0.4, -0.2) is 69.7 Å². The number of sulfone groups is 1. The third-order valence-electron chi connectivity index (χ3n) is 4.75. The fourth-order valence-corrected chi connectivity index (χ4v) is 5.89. The van der Waals surface area contributed by atoms with Crippen LogP contribution in [0.2, 0.25) is 0 Å². The van der Waals surface area contributed by atoms with Crippen molar-refractivity contribution in [1.82, 2.24) is 9.97 Å². The highest BCUT2D eigenvalue weighted by molar-refractivity contribution is 7.91. The van der Waals surface area contributed by atoms with E-state index in [2.05, 4.69) is 29.7 Å². The topological polar surface area (TPSA) is 295 Å². The second kappa shape index (κ2) is 11.8. The Morgan fingerprint density at radius 3 is 2.02 bits per heavy atom. The smallest absolute Gasteiger partial charge is 0.397 e. The second-order valence-electron chi connectivity index (χ2n) is 7.73. The first-order valence-corrected chi connectivity index (χ1v) is 16.3. The number of aromatic nitrogens is 2. The number of halogens is 2. The lowest BCUT2D eigenvalue weighted by Gasteiger charge is -2.12. The maximum atomic E-state index is 13.5. The van der Waals surface area contributed by atoms with Crippen LogP contribution >= 0.6 is 0 Å². The predicted octanol–water partition coefficient (Wildman–Crippen LogP) is 1.58. The molecule has 42 heavy (non-hydrogen) atoms. The fraction of sp³-hybridized carbons (Fsp3) is 0.111. The fourth-order valence-electron chi connectivity index (χ4n) is 3.04. The number of nitrogens with zero attached hydrogens (tertiary/aromatic N) is 4. The molecule has 0 bridgehead atoms. The van der Waals surface area contributed by atoms with E-state index in [9.17, 15) is 51.6 Å². The number of azo groups is 1. The number of hydrogen-bond acceptors (Lipinski definition) is 15. The predicted molar refractivity (Wildman–Crippen MR) is 136 cm³/mol. The normalized spacial score (nSPS) is 13.0. The third-order valence-corrected chi connectivity index (χ3v) is 8.69. The average molecular weight is 675 g/mol. The van der Waals surface area contributed by atoms with Crippen LogP contribution in [0.15, 0.2) is 61.3 Å². The minimum absolute atomic E-state index is 0.340. The summed E-state index contributed by atoms with van der Waals surface area (Å²) in [7, 11) is -19.7. The van der Waals surface area contributed by atoms with Gasteiger partial charge in [-0.05, 0) is 30.3 Å². The van der Waals surface area contributed by atoms with Gasteiger partial charge in [0.15, 0.2) is 9.84 Å². The Kier molecular flexibility index (Phi) is 9.23. The summed E-state index contributed by atoms with van der Waals surface area (Å²) in [5.41, 5.74) is 3.43. The number of anilines is 3. The van der Waals surface area contributed by atoms with Crippen molar-refractivity contribution in [1.29, 1.82) is 0 Å². The van der Waals surface area contributed by atoms with E-state index in [-0.39, 0.29) is 5.69 Å². The summed E-state index contributed by atoms with van der Waals surface area (Å²) in [6, 6.07) is 4.05. The number of rotatable bonds is 11. The van der Waals surface area contributed by atoms with E-state index in [1.165, 1.54) is 0 Å². The van der Waals surface area contributed by atoms with Crippen molar-refractivity contribution < 1.29 is 60.3 Å². The van der Waals surface area contributed by atoms with E-state index < -0.39 is 102 Å². The number of benzene rings is 2. The van der Waals surface area contributed by atoms with Crippen LogP contribution in [0.1, 0.15) is 0 Å². The van der Waals surface area contributed by atoms with Gasteiger partial charge >= 0.3 is 16.5 Å². The van der Waals surface area contributed by atoms with Crippen molar-refractivity contribution in [3.8, 4) is 0 Å². The third kappa shape index (κ3) is 8.61. The van der Waals surface area contributed by atoms with Gasteiger partial charge in [-0.2, -0.15) is 44.0 Å². The molecule has 0 unspecified atom stereocenters. The second-order valence-corrected chi connectivity index (χ2v) is 13.7. The van der Waals surface area contributed by atoms with Crippen LogP contribution in [0.25, 0.3) is 0 Å². The molecule has 0 amide bonds. The highest BCUT2D eigenvalue weighted by Crippen LogP contribution is 2.37. The molecule has 0 saturated heterocycles. The molecule has 228 valence electrons. The maximum absolute atomic E-state index is 13.5. The van der Waals surface area contributed by atoms with Gasteiger partial charge in [0.05, 0.1) is 28.6 Å². The number of nitrogen functional groups attached to an aromatic ring is 1. The van der Waals surface area contributed by atoms with Crippen molar-refractivity contribution in [3.63, 3.8) is 0 Å². The summed E-state index contributed by atoms with van der Waals surface area (Å²) in [6.45, 7) is -1.05. The Labute approximate surface area is 235 Å². The minimum Gasteiger partial charge on any atom is -0.398 e. The highest BCUT2D eigenvalue weighted by Gasteiger charge is 2.24. The Morgan fingerprint density at radius 2 is 1.45 bits per heavy atom. The van der Waals surface area contributed by atoms with Crippen LogP contribution in [0.5, 0.6) is 0 Å². The molecule has 18 nitrogen and oxygen atoms in total. The van der Waals surface area contributed by atoms with Crippen LogP contribution in [0.3, 0.4) is 0 Å². The lowest BCUT2D eigenvalue weighted by Crippen LogP contribution is -2.16. The van der Waals surface area contributed by atoms with E-state index in [1.54, 1.807) is 0 Å². The summed E-state index contributed by atoms with van der Waals surface area (Å²) in [6.07, 6.45) is -1.50. The SMILES string of the molecule is Nc1cc(Nc2cc(F)nc(F)n2)c(N=Nc2ccc(S(=O)(=O)CCOS(=O)(=O)O)cc2S(=O)(=O)O)cc1S(=O)(=O)O. The Morgan fingerprint density at radius 1 is 0.833 bits per heavy atom. The summed E-state index contributed by atoms with van der Waals surface area (Å²) >= 11 is 0. The molecule has 3 rings (SSSR count). The molecule has 2 aromatic carbocycles. The first kappa shape index (κ1) is 32.7. The quantitative estimate of drug-likeness (QED) is 0.0634. The van der Waals surface area contributed by atoms with Crippen molar-refractivity contribution in [2.45, 2.75) is 14.7 Å². The molecular weight excluding hydrogens is 658 g/mol. The van der Waals surface area contributed by atoms with Gasteiger partial charge in [-0.3, -0.25) is 13.7 Å². The van der Waals surface area contributed by atoms with Gasteiger partial charge in [-0.1, -0.05) is 0 Å². The van der Waals surface area contributed by atoms with Crippen LogP contribution < -0.4 is 11.1 Å². The molecule has 0 aliphatic carbocycles. The zero-order valence-electron chi connectivity index (χ0n) is 20.1. The molecule has 1 aromatic heterocycles. The van der Waals surface area contributed by atoms with E-state index in [4.69, 9.17) is 10.3 Å². The van der Waals surface area contributed by atoms with Gasteiger partial charge in [-0.25, -0.2) is 12.6 Å². The summed E-state index contributed by atoms with van der Waals surface area (Å²) in [5, 5.41) is 9.56. The van der Waals surface area contributed by atoms with E-state index in [0.29, 0.717) is 18.2 Å². The molecule has 0 fully saturated rings. The molecule has 0 atom stereocenters. The molecule has 24 heteroatoms. The van der Waals surface area contributed by atoms with Gasteiger partial charge in [-0.15, -0.1) is 10.2 Å². The minimum atomic E-state index is -5.23. The average Bonchev–Trinajstić information content (AvgIpc) is 2.80. The van der Waals surface area contributed by atoms with Gasteiger partial charge in [0, 0.05) is 6.07 Å². The lowest BCUT2D eigenvalue weighted by molar-refractivity contribution is 0.284.